The molecule has 2 aromatic rings. The molecule has 0 aliphatic carbocycles. The summed E-state index contributed by atoms with van der Waals surface area (Å²) in [6.07, 6.45) is 5.17. The molecule has 0 N–H and O–H groups in total. The van der Waals surface area contributed by atoms with E-state index in [0.717, 1.165) is 45.2 Å². The fourth-order valence-corrected chi connectivity index (χ4v) is 3.29. The van der Waals surface area contributed by atoms with Crippen LogP contribution in [0.2, 0.25) is 0 Å². The summed E-state index contributed by atoms with van der Waals surface area (Å²) < 4.78 is 0. The third-order valence-electron chi connectivity index (χ3n) is 4.79. The van der Waals surface area contributed by atoms with Crippen LogP contribution in [-0.4, -0.2) is 13.1 Å². The molecule has 2 aromatic carbocycles. The number of para-hydroxylation sites is 2. The van der Waals surface area contributed by atoms with Crippen molar-refractivity contribution >= 4 is 30.0 Å². The van der Waals surface area contributed by atoms with E-state index in [1.807, 2.05) is 0 Å². The molecule has 0 aliphatic rings. The first kappa shape index (κ1) is 25.4. The number of hydrogen-bond acceptors (Lipinski definition) is 0. The standard InChI is InChI=1S/C23H32N2.2ClH.Ti/c1-5-18-12-9-13-19(6-2)22(18)24-16-11-17-25-23-20(7-3)14-10-15-21(23)8-4;;;/h9-10,12-15H,5-8,11,16-17H2,1-4H3;2*1H;/q-2;;;+2/p-2. The number of halogens is 2. The van der Waals surface area contributed by atoms with Crippen molar-refractivity contribution < 1.29 is 17.0 Å². The van der Waals surface area contributed by atoms with Crippen molar-refractivity contribution in [1.29, 1.82) is 0 Å². The zero-order valence-corrected chi connectivity index (χ0v) is 20.6. The molecule has 0 spiro atoms. The van der Waals surface area contributed by atoms with Crippen molar-refractivity contribution in [2.45, 2.75) is 59.8 Å². The maximum atomic E-state index is 4.90. The summed E-state index contributed by atoms with van der Waals surface area (Å²) >= 11 is -0.556. The van der Waals surface area contributed by atoms with Crippen LogP contribution in [0.5, 0.6) is 0 Å². The quantitative estimate of drug-likeness (QED) is 0.254. The van der Waals surface area contributed by atoms with Crippen molar-refractivity contribution in [3.05, 3.63) is 69.3 Å². The van der Waals surface area contributed by atoms with Gasteiger partial charge < -0.3 is 10.6 Å². The second kappa shape index (κ2) is 15.2. The SMILES string of the molecule is CCc1cccc(CC)c1[N-]CCC[N-]c1c(CC)cccc1CC.[Cl][Ti][Cl]. The molecule has 0 aromatic heterocycles. The van der Waals surface area contributed by atoms with E-state index in [1.165, 1.54) is 33.6 Å². The van der Waals surface area contributed by atoms with E-state index in [2.05, 4.69) is 64.1 Å². The summed E-state index contributed by atoms with van der Waals surface area (Å²) in [5.41, 5.74) is 7.88. The Kier molecular flexibility index (Phi) is 13.8. The Bertz CT molecular complexity index is 590. The number of rotatable bonds is 10. The molecule has 5 heteroatoms. The third kappa shape index (κ3) is 7.99. The molecule has 2 rings (SSSR count). The van der Waals surface area contributed by atoms with Crippen molar-refractivity contribution in [3.8, 4) is 0 Å². The molecule has 0 radical (unpaired) electrons. The second-order valence-electron chi connectivity index (χ2n) is 6.45. The molecule has 0 heterocycles. The molecule has 28 heavy (non-hydrogen) atoms. The molecule has 0 bridgehead atoms. The Hall–Kier alpha value is -0.666. The Morgan fingerprint density at radius 3 is 1.18 bits per heavy atom. The zero-order valence-electron chi connectivity index (χ0n) is 17.6. The molecule has 0 saturated carbocycles. The third-order valence-corrected chi connectivity index (χ3v) is 4.79. The zero-order chi connectivity index (χ0) is 20.8. The van der Waals surface area contributed by atoms with Gasteiger partial charge in [-0.2, -0.15) is 0 Å². The number of aryl methyl sites for hydroxylation is 4. The number of hydrogen-bond donors (Lipinski definition) is 0. The van der Waals surface area contributed by atoms with Gasteiger partial charge in [0.25, 0.3) is 0 Å². The van der Waals surface area contributed by atoms with E-state index in [4.69, 9.17) is 29.2 Å². The Labute approximate surface area is 188 Å². The molecule has 0 amide bonds. The van der Waals surface area contributed by atoms with E-state index in [9.17, 15) is 0 Å². The topological polar surface area (TPSA) is 28.2 Å². The summed E-state index contributed by atoms with van der Waals surface area (Å²) in [6, 6.07) is 13.1. The van der Waals surface area contributed by atoms with Gasteiger partial charge in [0.15, 0.2) is 0 Å². The van der Waals surface area contributed by atoms with Crippen LogP contribution < -0.4 is 0 Å². The van der Waals surface area contributed by atoms with E-state index in [0.29, 0.717) is 0 Å². The molecule has 0 fully saturated rings. The van der Waals surface area contributed by atoms with Gasteiger partial charge in [-0.1, -0.05) is 92.8 Å². The van der Waals surface area contributed by atoms with Crippen molar-refractivity contribution in [3.63, 3.8) is 0 Å². The van der Waals surface area contributed by atoms with Gasteiger partial charge in [-0.05, 0) is 25.7 Å². The van der Waals surface area contributed by atoms with Crippen LogP contribution in [-0.2, 0) is 42.7 Å². The van der Waals surface area contributed by atoms with Crippen LogP contribution in [0.1, 0.15) is 56.4 Å². The first-order valence-electron chi connectivity index (χ1n) is 10.2. The van der Waals surface area contributed by atoms with Gasteiger partial charge >= 0.3 is 35.6 Å². The summed E-state index contributed by atoms with van der Waals surface area (Å²) in [7, 11) is 9.78. The molecule has 2 nitrogen and oxygen atoms in total. The molecular weight excluding hydrogens is 423 g/mol. The molecule has 0 atom stereocenters. The van der Waals surface area contributed by atoms with Crippen molar-refractivity contribution in [2.75, 3.05) is 13.1 Å². The second-order valence-corrected chi connectivity index (χ2v) is 9.03. The van der Waals surface area contributed by atoms with Gasteiger partial charge in [0.2, 0.25) is 0 Å². The molecule has 0 aliphatic heterocycles. The molecule has 0 saturated heterocycles. The fraction of sp³-hybridized carbons (Fsp3) is 0.478. The summed E-state index contributed by atoms with van der Waals surface area (Å²) in [6.45, 7) is 10.5. The first-order chi connectivity index (χ1) is 13.7. The Balaban J connectivity index is 0.00000122. The Morgan fingerprint density at radius 2 is 0.929 bits per heavy atom. The van der Waals surface area contributed by atoms with Gasteiger partial charge in [0, 0.05) is 0 Å². The van der Waals surface area contributed by atoms with Gasteiger partial charge in [-0.25, -0.2) is 0 Å². The number of benzene rings is 2. The van der Waals surface area contributed by atoms with Gasteiger partial charge in [0.05, 0.1) is 0 Å². The van der Waals surface area contributed by atoms with Crippen LogP contribution in [0, 0.1) is 0 Å². The van der Waals surface area contributed by atoms with Crippen LogP contribution in [0.25, 0.3) is 10.6 Å². The first-order valence-corrected chi connectivity index (χ1v) is 14.5. The fourth-order valence-electron chi connectivity index (χ4n) is 3.29. The minimum atomic E-state index is -0.556. The van der Waals surface area contributed by atoms with E-state index in [-0.39, 0.29) is 0 Å². The predicted molar refractivity (Wildman–Crippen MR) is 122 cm³/mol. The van der Waals surface area contributed by atoms with Crippen molar-refractivity contribution in [1.82, 2.24) is 0 Å². The van der Waals surface area contributed by atoms with Crippen LogP contribution >= 0.6 is 18.6 Å². The maximum absolute atomic E-state index is 4.90. The van der Waals surface area contributed by atoms with Crippen molar-refractivity contribution in [2.24, 2.45) is 0 Å². The van der Waals surface area contributed by atoms with E-state index >= 15 is 0 Å². The summed E-state index contributed by atoms with van der Waals surface area (Å²) in [4.78, 5) is 0. The molecule has 154 valence electrons. The summed E-state index contributed by atoms with van der Waals surface area (Å²) in [5.74, 6) is 0. The van der Waals surface area contributed by atoms with Gasteiger partial charge in [-0.3, -0.25) is 0 Å². The number of nitrogens with zero attached hydrogens (tertiary/aromatic N) is 2. The average molecular weight is 455 g/mol. The van der Waals surface area contributed by atoms with Crippen LogP contribution in [0.3, 0.4) is 0 Å². The van der Waals surface area contributed by atoms with E-state index in [1.54, 1.807) is 0 Å². The minimum absolute atomic E-state index is 0.556. The monoisotopic (exact) mass is 454 g/mol. The average Bonchev–Trinajstić information content (AvgIpc) is 2.73. The Morgan fingerprint density at radius 1 is 0.643 bits per heavy atom. The van der Waals surface area contributed by atoms with Crippen LogP contribution in [0.4, 0.5) is 11.4 Å². The summed E-state index contributed by atoms with van der Waals surface area (Å²) in [5, 5.41) is 9.81. The molecular formula is C23H32Cl2N2Ti-2. The van der Waals surface area contributed by atoms with Gasteiger partial charge in [-0.15, -0.1) is 24.5 Å². The normalized spacial score (nSPS) is 10.1. The van der Waals surface area contributed by atoms with Gasteiger partial charge in [0.1, 0.15) is 0 Å². The van der Waals surface area contributed by atoms with E-state index < -0.39 is 17.0 Å². The van der Waals surface area contributed by atoms with Crippen LogP contribution in [0.15, 0.2) is 36.4 Å². The molecule has 0 unspecified atom stereocenters. The predicted octanol–water partition coefficient (Wildman–Crippen LogP) is 8.41.